The topological polar surface area (TPSA) is 97.6 Å². The van der Waals surface area contributed by atoms with Gasteiger partial charge in [-0.3, -0.25) is 0 Å². The van der Waals surface area contributed by atoms with Crippen LogP contribution in [0.3, 0.4) is 0 Å². The largest absolute Gasteiger partial charge is 0.423 e. The molecule has 1 fully saturated rings. The summed E-state index contributed by atoms with van der Waals surface area (Å²) in [7, 11) is -2.07. The van der Waals surface area contributed by atoms with Gasteiger partial charge in [0.2, 0.25) is 10.0 Å². The molecule has 0 bridgehead atoms. The van der Waals surface area contributed by atoms with Gasteiger partial charge in [0, 0.05) is 25.1 Å². The van der Waals surface area contributed by atoms with Crippen LogP contribution in [0, 0.1) is 0 Å². The Balaban J connectivity index is 0.00000225. The van der Waals surface area contributed by atoms with Crippen LogP contribution in [0.5, 0.6) is 0 Å². The van der Waals surface area contributed by atoms with E-state index in [9.17, 15) is 13.2 Å². The highest BCUT2D eigenvalue weighted by molar-refractivity contribution is 7.89. The maximum Gasteiger partial charge on any atom is 0.336 e. The number of methoxy groups -OCH3 is 1. The normalized spacial score (nSPS) is 20.5. The number of hydrogen-bond donors (Lipinski definition) is 2. The molecule has 0 saturated carbocycles. The predicted molar refractivity (Wildman–Crippen MR) is 96.8 cm³/mol. The van der Waals surface area contributed by atoms with Crippen LogP contribution in [0.2, 0.25) is 0 Å². The van der Waals surface area contributed by atoms with Gasteiger partial charge in [0.1, 0.15) is 5.58 Å². The van der Waals surface area contributed by atoms with Gasteiger partial charge in [0.05, 0.1) is 17.0 Å². The van der Waals surface area contributed by atoms with Gasteiger partial charge in [-0.1, -0.05) is 0 Å². The lowest BCUT2D eigenvalue weighted by atomic mass is 9.99. The van der Waals surface area contributed by atoms with Gasteiger partial charge in [0.15, 0.2) is 0 Å². The van der Waals surface area contributed by atoms with Crippen molar-refractivity contribution < 1.29 is 17.6 Å². The van der Waals surface area contributed by atoms with Crippen LogP contribution in [0.1, 0.15) is 12.8 Å². The fourth-order valence-electron chi connectivity index (χ4n) is 3.00. The third-order valence-corrected chi connectivity index (χ3v) is 5.65. The van der Waals surface area contributed by atoms with Gasteiger partial charge in [-0.15, -0.1) is 12.4 Å². The Morgan fingerprint density at radius 2 is 2.12 bits per heavy atom. The van der Waals surface area contributed by atoms with Gasteiger partial charge in [-0.2, -0.15) is 0 Å². The first-order chi connectivity index (χ1) is 11.4. The molecule has 2 aromatic rings. The number of nitrogens with one attached hydrogen (secondary N) is 2. The molecule has 0 spiro atoms. The number of hydrogen-bond acceptors (Lipinski definition) is 6. The Kier molecular flexibility index (Phi) is 6.23. The summed E-state index contributed by atoms with van der Waals surface area (Å²) in [6.45, 7) is 1.55. The Bertz CT molecular complexity index is 891. The lowest BCUT2D eigenvalue weighted by molar-refractivity contribution is 0.122. The summed E-state index contributed by atoms with van der Waals surface area (Å²) in [5, 5.41) is 3.89. The van der Waals surface area contributed by atoms with Crippen LogP contribution < -0.4 is 15.7 Å². The summed E-state index contributed by atoms with van der Waals surface area (Å²) < 4.78 is 38.1. The zero-order valence-electron chi connectivity index (χ0n) is 13.8. The molecule has 1 saturated heterocycles. The summed E-state index contributed by atoms with van der Waals surface area (Å²) >= 11 is 0. The third kappa shape index (κ3) is 4.39. The fourth-order valence-corrected chi connectivity index (χ4v) is 4.17. The van der Waals surface area contributed by atoms with Gasteiger partial charge in [-0.05, 0) is 43.7 Å². The Hall–Kier alpha value is -1.45. The molecule has 25 heavy (non-hydrogen) atoms. The first-order valence-corrected chi connectivity index (χ1v) is 9.20. The zero-order chi connectivity index (χ0) is 17.2. The van der Waals surface area contributed by atoms with E-state index in [1.54, 1.807) is 13.2 Å². The van der Waals surface area contributed by atoms with Crippen molar-refractivity contribution in [2.75, 3.05) is 26.8 Å². The molecule has 7 nitrogen and oxygen atoms in total. The van der Waals surface area contributed by atoms with Crippen molar-refractivity contribution in [2.24, 2.45) is 0 Å². The number of sulfonamides is 1. The second kappa shape index (κ2) is 7.84. The van der Waals surface area contributed by atoms with E-state index >= 15 is 0 Å². The van der Waals surface area contributed by atoms with E-state index in [0.29, 0.717) is 17.6 Å². The molecule has 2 heterocycles. The van der Waals surface area contributed by atoms with E-state index in [1.165, 1.54) is 24.3 Å². The van der Waals surface area contributed by atoms with E-state index < -0.39 is 15.6 Å². The molecule has 0 radical (unpaired) electrons. The molecule has 1 aromatic carbocycles. The van der Waals surface area contributed by atoms with E-state index in [4.69, 9.17) is 9.15 Å². The van der Waals surface area contributed by atoms with Gasteiger partial charge >= 0.3 is 5.63 Å². The van der Waals surface area contributed by atoms with E-state index in [1.807, 2.05) is 0 Å². The maximum atomic E-state index is 12.6. The van der Waals surface area contributed by atoms with Crippen LogP contribution in [-0.4, -0.2) is 40.8 Å². The second-order valence-corrected chi connectivity index (χ2v) is 7.79. The lowest BCUT2D eigenvalue weighted by Gasteiger charge is -2.28. The smallest absolute Gasteiger partial charge is 0.336 e. The molecule has 0 aliphatic carbocycles. The van der Waals surface area contributed by atoms with E-state index in [2.05, 4.69) is 10.0 Å². The summed E-state index contributed by atoms with van der Waals surface area (Å²) in [5.74, 6) is 0. The lowest BCUT2D eigenvalue weighted by Crippen LogP contribution is -2.52. The molecule has 3 rings (SSSR count). The monoisotopic (exact) mass is 388 g/mol. The minimum absolute atomic E-state index is 0. The summed E-state index contributed by atoms with van der Waals surface area (Å²) in [6, 6.07) is 7.22. The average Bonchev–Trinajstić information content (AvgIpc) is 3.02. The number of halogens is 1. The Morgan fingerprint density at radius 3 is 2.80 bits per heavy atom. The molecule has 0 amide bonds. The van der Waals surface area contributed by atoms with Crippen LogP contribution in [-0.2, 0) is 14.8 Å². The van der Waals surface area contributed by atoms with Crippen molar-refractivity contribution in [1.29, 1.82) is 0 Å². The van der Waals surface area contributed by atoms with Gasteiger partial charge in [-0.25, -0.2) is 17.9 Å². The van der Waals surface area contributed by atoms with Crippen molar-refractivity contribution in [3.05, 3.63) is 40.8 Å². The highest BCUT2D eigenvalue weighted by Crippen LogP contribution is 2.21. The first kappa shape index (κ1) is 19.9. The van der Waals surface area contributed by atoms with Crippen molar-refractivity contribution >= 4 is 33.4 Å². The molecule has 1 aromatic heterocycles. The number of fused-ring (bicyclic) bond motifs is 1. The van der Waals surface area contributed by atoms with Crippen molar-refractivity contribution in [1.82, 2.24) is 10.0 Å². The molecule has 1 aliphatic rings. The van der Waals surface area contributed by atoms with Crippen molar-refractivity contribution in [2.45, 2.75) is 23.3 Å². The molecular formula is C16H21ClN2O5S. The fraction of sp³-hybridized carbons (Fsp3) is 0.438. The molecule has 2 N–H and O–H groups in total. The standard InChI is InChI=1S/C16H20N2O5S.ClH/c1-22-11-16(7-2-8-17-16)10-18-24(20,21)13-4-5-14-12(9-13)3-6-15(19)23-14;/h3-6,9,17-18H,2,7-8,10-11H2,1H3;1H. The molecule has 1 unspecified atom stereocenters. The number of rotatable bonds is 6. The molecular weight excluding hydrogens is 368 g/mol. The van der Waals surface area contributed by atoms with E-state index in [0.717, 1.165) is 19.4 Å². The minimum atomic E-state index is -3.67. The minimum Gasteiger partial charge on any atom is -0.423 e. The van der Waals surface area contributed by atoms with Crippen LogP contribution >= 0.6 is 12.4 Å². The van der Waals surface area contributed by atoms with Crippen LogP contribution in [0.4, 0.5) is 0 Å². The van der Waals surface area contributed by atoms with Crippen LogP contribution in [0.15, 0.2) is 44.4 Å². The predicted octanol–water partition coefficient (Wildman–Crippen LogP) is 1.26. The maximum absolute atomic E-state index is 12.6. The molecule has 1 aliphatic heterocycles. The highest BCUT2D eigenvalue weighted by atomic mass is 35.5. The molecule has 1 atom stereocenters. The SMILES string of the molecule is COCC1(CNS(=O)(=O)c2ccc3oc(=O)ccc3c2)CCCN1.Cl. The molecule has 138 valence electrons. The van der Waals surface area contributed by atoms with Gasteiger partial charge < -0.3 is 14.5 Å². The van der Waals surface area contributed by atoms with E-state index in [-0.39, 0.29) is 29.4 Å². The average molecular weight is 389 g/mol. The van der Waals surface area contributed by atoms with Crippen molar-refractivity contribution in [3.63, 3.8) is 0 Å². The first-order valence-electron chi connectivity index (χ1n) is 7.72. The summed E-state index contributed by atoms with van der Waals surface area (Å²) in [5.41, 5.74) is -0.481. The zero-order valence-corrected chi connectivity index (χ0v) is 15.4. The Labute approximate surface area is 152 Å². The highest BCUT2D eigenvalue weighted by Gasteiger charge is 2.34. The summed E-state index contributed by atoms with van der Waals surface area (Å²) in [6.07, 6.45) is 1.84. The quantitative estimate of drug-likeness (QED) is 0.723. The molecule has 9 heteroatoms. The third-order valence-electron chi connectivity index (χ3n) is 4.25. The van der Waals surface area contributed by atoms with Gasteiger partial charge in [0.25, 0.3) is 0 Å². The number of benzene rings is 1. The second-order valence-electron chi connectivity index (χ2n) is 6.02. The number of ether oxygens (including phenoxy) is 1. The van der Waals surface area contributed by atoms with Crippen molar-refractivity contribution in [3.8, 4) is 0 Å². The Morgan fingerprint density at radius 1 is 1.32 bits per heavy atom. The summed E-state index contributed by atoms with van der Waals surface area (Å²) in [4.78, 5) is 11.3. The van der Waals surface area contributed by atoms with Crippen LogP contribution in [0.25, 0.3) is 11.0 Å².